The van der Waals surface area contributed by atoms with E-state index in [0.717, 1.165) is 38.0 Å². The number of nitrogens with two attached hydrogens (primary N) is 1. The first kappa shape index (κ1) is 18.0. The van der Waals surface area contributed by atoms with E-state index in [-0.39, 0.29) is 5.92 Å². The fourth-order valence-electron chi connectivity index (χ4n) is 2.30. The van der Waals surface area contributed by atoms with E-state index in [2.05, 4.69) is 31.2 Å². The smallest absolute Gasteiger partial charge is 0.119 e. The molecule has 2 atom stereocenters. The van der Waals surface area contributed by atoms with Crippen molar-refractivity contribution in [1.82, 2.24) is 0 Å². The quantitative estimate of drug-likeness (QED) is 0.540. The predicted molar refractivity (Wildman–Crippen MR) is 97.0 cm³/mol. The third kappa shape index (κ3) is 6.34. The van der Waals surface area contributed by atoms with E-state index in [1.54, 1.807) is 0 Å². The highest BCUT2D eigenvalue weighted by atomic mass is 32.1. The fraction of sp³-hybridized carbons (Fsp3) is 0.474. The number of ether oxygens (including phenoxy) is 1. The second-order valence-electron chi connectivity index (χ2n) is 6.14. The van der Waals surface area contributed by atoms with E-state index < -0.39 is 6.23 Å². The van der Waals surface area contributed by atoms with Crippen molar-refractivity contribution in [2.75, 3.05) is 6.61 Å². The third-order valence-corrected chi connectivity index (χ3v) is 5.21. The minimum Gasteiger partial charge on any atom is -0.494 e. The topological polar surface area (TPSA) is 55.5 Å². The van der Waals surface area contributed by atoms with Gasteiger partial charge in [-0.1, -0.05) is 24.6 Å². The molecule has 1 heterocycles. The average Bonchev–Trinajstić information content (AvgIpc) is 2.98. The highest BCUT2D eigenvalue weighted by Crippen LogP contribution is 2.21. The standard InChI is InChI=1S/C19H27NO2S/c1-14-5-8-16(9-6-14)22-13-3-4-17-11-12-18(23-17)10-7-15(2)19(20)21/h5-6,8-9,11-12,15,19,21H,3-4,7,10,13,20H2,1-2H3/t15-,19?/m1/s1. The maximum Gasteiger partial charge on any atom is 0.119 e. The van der Waals surface area contributed by atoms with Crippen molar-refractivity contribution in [2.45, 2.75) is 45.8 Å². The van der Waals surface area contributed by atoms with Crippen molar-refractivity contribution < 1.29 is 9.84 Å². The number of aryl methyl sites for hydroxylation is 3. The zero-order valence-corrected chi connectivity index (χ0v) is 14.8. The molecule has 0 aliphatic heterocycles. The monoisotopic (exact) mass is 333 g/mol. The molecule has 3 nitrogen and oxygen atoms in total. The number of aliphatic hydroxyl groups excluding tert-OH is 1. The van der Waals surface area contributed by atoms with Crippen molar-refractivity contribution in [2.24, 2.45) is 11.7 Å². The van der Waals surface area contributed by atoms with Crippen molar-refractivity contribution in [1.29, 1.82) is 0 Å². The summed E-state index contributed by atoms with van der Waals surface area (Å²) in [7, 11) is 0. The summed E-state index contributed by atoms with van der Waals surface area (Å²) in [6.07, 6.45) is 3.26. The van der Waals surface area contributed by atoms with Gasteiger partial charge in [-0.25, -0.2) is 0 Å². The van der Waals surface area contributed by atoms with Gasteiger partial charge in [0, 0.05) is 9.75 Å². The Labute approximate surface area is 143 Å². The number of benzene rings is 1. The van der Waals surface area contributed by atoms with Gasteiger partial charge in [0.15, 0.2) is 0 Å². The van der Waals surface area contributed by atoms with Gasteiger partial charge in [0.05, 0.1) is 6.61 Å². The van der Waals surface area contributed by atoms with Crippen molar-refractivity contribution in [3.05, 3.63) is 51.7 Å². The molecule has 0 aliphatic carbocycles. The first-order valence-electron chi connectivity index (χ1n) is 8.25. The Morgan fingerprint density at radius 3 is 2.39 bits per heavy atom. The van der Waals surface area contributed by atoms with E-state index in [0.29, 0.717) is 0 Å². The number of thiophene rings is 1. The lowest BCUT2D eigenvalue weighted by Gasteiger charge is -2.13. The lowest BCUT2D eigenvalue weighted by Crippen LogP contribution is -2.27. The van der Waals surface area contributed by atoms with Crippen molar-refractivity contribution >= 4 is 11.3 Å². The highest BCUT2D eigenvalue weighted by molar-refractivity contribution is 7.11. The zero-order valence-electron chi connectivity index (χ0n) is 14.0. The summed E-state index contributed by atoms with van der Waals surface area (Å²) in [6.45, 7) is 4.81. The minimum absolute atomic E-state index is 0.142. The van der Waals surface area contributed by atoms with Crippen LogP contribution >= 0.6 is 11.3 Å². The van der Waals surface area contributed by atoms with E-state index in [1.807, 2.05) is 30.4 Å². The molecule has 0 saturated heterocycles. The summed E-state index contributed by atoms with van der Waals surface area (Å²) in [4.78, 5) is 2.76. The van der Waals surface area contributed by atoms with Crippen LogP contribution in [-0.2, 0) is 12.8 Å². The minimum atomic E-state index is -0.714. The third-order valence-electron chi connectivity index (χ3n) is 4.00. The van der Waals surface area contributed by atoms with Gasteiger partial charge in [0.2, 0.25) is 0 Å². The molecule has 2 rings (SSSR count). The van der Waals surface area contributed by atoms with Crippen molar-refractivity contribution in [3.63, 3.8) is 0 Å². The Hall–Kier alpha value is -1.36. The van der Waals surface area contributed by atoms with E-state index in [4.69, 9.17) is 10.5 Å². The molecule has 0 spiro atoms. The lowest BCUT2D eigenvalue weighted by atomic mass is 10.0. The molecule has 0 aliphatic rings. The molecule has 3 N–H and O–H groups in total. The van der Waals surface area contributed by atoms with E-state index in [1.165, 1.54) is 15.3 Å². The molecule has 0 bridgehead atoms. The van der Waals surface area contributed by atoms with Gasteiger partial charge in [-0.15, -0.1) is 11.3 Å². The van der Waals surface area contributed by atoms with Gasteiger partial charge in [-0.3, -0.25) is 0 Å². The molecule has 126 valence electrons. The Balaban J connectivity index is 1.67. The van der Waals surface area contributed by atoms with E-state index in [9.17, 15) is 5.11 Å². The molecule has 4 heteroatoms. The number of hydrogen-bond acceptors (Lipinski definition) is 4. The summed E-state index contributed by atoms with van der Waals surface area (Å²) < 4.78 is 5.76. The van der Waals surface area contributed by atoms with E-state index >= 15 is 0 Å². The van der Waals surface area contributed by atoms with Crippen LogP contribution in [0.3, 0.4) is 0 Å². The SMILES string of the molecule is Cc1ccc(OCCCc2ccc(CC[C@@H](C)C(N)O)s2)cc1. The summed E-state index contributed by atoms with van der Waals surface area (Å²) in [5.74, 6) is 1.08. The van der Waals surface area contributed by atoms with Crippen LogP contribution in [0.2, 0.25) is 0 Å². The van der Waals surface area contributed by atoms with Gasteiger partial charge in [-0.2, -0.15) is 0 Å². The molecule has 23 heavy (non-hydrogen) atoms. The highest BCUT2D eigenvalue weighted by Gasteiger charge is 2.10. The van der Waals surface area contributed by atoms with Gasteiger partial charge in [0.1, 0.15) is 12.0 Å². The number of hydrogen-bond donors (Lipinski definition) is 2. The maximum absolute atomic E-state index is 9.32. The van der Waals surface area contributed by atoms with Crippen LogP contribution in [-0.4, -0.2) is 17.9 Å². The zero-order chi connectivity index (χ0) is 16.7. The van der Waals surface area contributed by atoms with Gasteiger partial charge >= 0.3 is 0 Å². The van der Waals surface area contributed by atoms with Crippen LogP contribution in [0.1, 0.15) is 35.1 Å². The lowest BCUT2D eigenvalue weighted by molar-refractivity contribution is 0.119. The first-order valence-corrected chi connectivity index (χ1v) is 9.07. The van der Waals surface area contributed by atoms with Crippen molar-refractivity contribution in [3.8, 4) is 5.75 Å². The molecule has 2 aromatic rings. The molecule has 0 fully saturated rings. The van der Waals surface area contributed by atoms with Crippen LogP contribution in [0.5, 0.6) is 5.75 Å². The van der Waals surface area contributed by atoms with Crippen LogP contribution < -0.4 is 10.5 Å². The summed E-state index contributed by atoms with van der Waals surface area (Å²) in [6, 6.07) is 12.6. The summed E-state index contributed by atoms with van der Waals surface area (Å²) in [5, 5.41) is 9.32. The molecule has 0 radical (unpaired) electrons. The van der Waals surface area contributed by atoms with Crippen LogP contribution in [0, 0.1) is 12.8 Å². The molecular formula is C19H27NO2S. The van der Waals surface area contributed by atoms with Gasteiger partial charge in [0.25, 0.3) is 0 Å². The van der Waals surface area contributed by atoms with Crippen LogP contribution in [0.25, 0.3) is 0 Å². The predicted octanol–water partition coefficient (Wildman–Crippen LogP) is 3.91. The molecular weight excluding hydrogens is 306 g/mol. The second-order valence-corrected chi connectivity index (χ2v) is 7.39. The summed E-state index contributed by atoms with van der Waals surface area (Å²) >= 11 is 1.86. The van der Waals surface area contributed by atoms with Crippen LogP contribution in [0.4, 0.5) is 0 Å². The largest absolute Gasteiger partial charge is 0.494 e. The normalized spacial score (nSPS) is 13.7. The number of aliphatic hydroxyl groups is 1. The second kappa shape index (κ2) is 9.06. The Morgan fingerprint density at radius 2 is 1.74 bits per heavy atom. The Morgan fingerprint density at radius 1 is 1.09 bits per heavy atom. The van der Waals surface area contributed by atoms with Gasteiger partial charge < -0.3 is 15.6 Å². The maximum atomic E-state index is 9.32. The molecule has 1 unspecified atom stereocenters. The van der Waals surface area contributed by atoms with Gasteiger partial charge in [-0.05, 0) is 62.8 Å². The Kier molecular flexibility index (Phi) is 7.09. The first-order chi connectivity index (χ1) is 11.0. The molecule has 1 aromatic carbocycles. The summed E-state index contributed by atoms with van der Waals surface area (Å²) in [5.41, 5.74) is 6.74. The number of rotatable bonds is 9. The van der Waals surface area contributed by atoms with Crippen LogP contribution in [0.15, 0.2) is 36.4 Å². The average molecular weight is 333 g/mol. The molecule has 1 aromatic heterocycles. The molecule has 0 saturated carbocycles. The Bertz CT molecular complexity index is 577. The fourth-order valence-corrected chi connectivity index (χ4v) is 3.38. The molecule has 0 amide bonds.